The highest BCUT2D eigenvalue weighted by Gasteiger charge is 2.00. The first-order chi connectivity index (χ1) is 7.93. The molecule has 3 heterocycles. The summed E-state index contributed by atoms with van der Waals surface area (Å²) >= 11 is 0. The number of pyridine rings is 3. The van der Waals surface area contributed by atoms with Crippen molar-refractivity contribution in [3.63, 3.8) is 0 Å². The molecule has 0 aliphatic rings. The Hall–Kier alpha value is -2.29. The molecule has 0 spiro atoms. The normalized spacial score (nSPS) is 10.5. The van der Waals surface area contributed by atoms with Crippen LogP contribution in [0.4, 0.5) is 0 Å². The van der Waals surface area contributed by atoms with E-state index in [-0.39, 0.29) is 0 Å². The van der Waals surface area contributed by atoms with Crippen molar-refractivity contribution in [2.75, 3.05) is 0 Å². The molecule has 0 amide bonds. The van der Waals surface area contributed by atoms with Gasteiger partial charge in [0.05, 0.1) is 16.7 Å². The zero-order valence-electron chi connectivity index (χ0n) is 8.54. The van der Waals surface area contributed by atoms with Gasteiger partial charge in [0.15, 0.2) is 0 Å². The van der Waals surface area contributed by atoms with E-state index in [4.69, 9.17) is 0 Å². The molecule has 0 N–H and O–H groups in total. The Morgan fingerprint density at radius 2 is 1.62 bits per heavy atom. The molecule has 0 radical (unpaired) electrons. The van der Waals surface area contributed by atoms with Gasteiger partial charge in [0.1, 0.15) is 0 Å². The standard InChI is InChI=1S/C13H9N3/c1-2-13-12(15-7-1)4-3-11(16-13)10-5-8-14-9-6-10/h1-9H. The Kier molecular flexibility index (Phi) is 2.07. The van der Waals surface area contributed by atoms with Gasteiger partial charge in [0.2, 0.25) is 0 Å². The summed E-state index contributed by atoms with van der Waals surface area (Å²) in [7, 11) is 0. The molecular weight excluding hydrogens is 198 g/mol. The molecule has 0 aliphatic heterocycles. The molecule has 3 nitrogen and oxygen atoms in total. The highest BCUT2D eigenvalue weighted by molar-refractivity contribution is 5.77. The van der Waals surface area contributed by atoms with Gasteiger partial charge in [-0.15, -0.1) is 0 Å². The molecule has 76 valence electrons. The third kappa shape index (κ3) is 1.52. The number of aromatic nitrogens is 3. The van der Waals surface area contributed by atoms with Crippen molar-refractivity contribution in [3.05, 3.63) is 55.0 Å². The van der Waals surface area contributed by atoms with E-state index in [1.807, 2.05) is 36.4 Å². The van der Waals surface area contributed by atoms with Crippen LogP contribution in [0.15, 0.2) is 55.0 Å². The fourth-order valence-electron chi connectivity index (χ4n) is 1.64. The van der Waals surface area contributed by atoms with Gasteiger partial charge in [-0.2, -0.15) is 0 Å². The van der Waals surface area contributed by atoms with E-state index >= 15 is 0 Å². The fourth-order valence-corrected chi connectivity index (χ4v) is 1.64. The SMILES string of the molecule is c1cnc2ccc(-c3ccncc3)nc2c1. The zero-order chi connectivity index (χ0) is 10.8. The van der Waals surface area contributed by atoms with Crippen molar-refractivity contribution in [2.45, 2.75) is 0 Å². The smallest absolute Gasteiger partial charge is 0.0894 e. The van der Waals surface area contributed by atoms with E-state index in [1.165, 1.54) is 0 Å². The van der Waals surface area contributed by atoms with E-state index < -0.39 is 0 Å². The van der Waals surface area contributed by atoms with Crippen molar-refractivity contribution in [3.8, 4) is 11.3 Å². The van der Waals surface area contributed by atoms with Crippen LogP contribution in [0, 0.1) is 0 Å². The lowest BCUT2D eigenvalue weighted by Crippen LogP contribution is -1.86. The average Bonchev–Trinajstić information content (AvgIpc) is 2.39. The number of rotatable bonds is 1. The van der Waals surface area contributed by atoms with Gasteiger partial charge >= 0.3 is 0 Å². The van der Waals surface area contributed by atoms with Crippen molar-refractivity contribution < 1.29 is 0 Å². The number of hydrogen-bond donors (Lipinski definition) is 0. The Balaban J connectivity index is 2.19. The van der Waals surface area contributed by atoms with Crippen LogP contribution in [-0.2, 0) is 0 Å². The molecule has 0 aromatic carbocycles. The Bertz CT molecular complexity index is 620. The van der Waals surface area contributed by atoms with E-state index in [0.29, 0.717) is 0 Å². The number of nitrogens with zero attached hydrogens (tertiary/aromatic N) is 3. The maximum Gasteiger partial charge on any atom is 0.0894 e. The summed E-state index contributed by atoms with van der Waals surface area (Å²) in [5.41, 5.74) is 3.85. The quantitative estimate of drug-likeness (QED) is 0.615. The van der Waals surface area contributed by atoms with Crippen LogP contribution in [0.25, 0.3) is 22.3 Å². The fraction of sp³-hybridized carbons (Fsp3) is 0. The second-order valence-corrected chi connectivity index (χ2v) is 3.47. The van der Waals surface area contributed by atoms with Crippen molar-refractivity contribution in [2.24, 2.45) is 0 Å². The molecule has 0 bridgehead atoms. The monoisotopic (exact) mass is 207 g/mol. The molecule has 0 aliphatic carbocycles. The maximum atomic E-state index is 4.56. The van der Waals surface area contributed by atoms with Crippen molar-refractivity contribution in [1.29, 1.82) is 0 Å². The predicted octanol–water partition coefficient (Wildman–Crippen LogP) is 2.69. The van der Waals surface area contributed by atoms with Gasteiger partial charge in [0, 0.05) is 24.2 Å². The van der Waals surface area contributed by atoms with Crippen LogP contribution >= 0.6 is 0 Å². The highest BCUT2D eigenvalue weighted by atomic mass is 14.8. The third-order valence-electron chi connectivity index (χ3n) is 2.43. The van der Waals surface area contributed by atoms with Crippen LogP contribution < -0.4 is 0 Å². The summed E-state index contributed by atoms with van der Waals surface area (Å²) in [4.78, 5) is 12.8. The second kappa shape index (κ2) is 3.70. The first-order valence-electron chi connectivity index (χ1n) is 5.06. The Morgan fingerprint density at radius 3 is 2.50 bits per heavy atom. The van der Waals surface area contributed by atoms with E-state index in [9.17, 15) is 0 Å². The topological polar surface area (TPSA) is 38.7 Å². The molecule has 3 heteroatoms. The lowest BCUT2D eigenvalue weighted by atomic mass is 10.1. The van der Waals surface area contributed by atoms with Gasteiger partial charge in [-0.1, -0.05) is 0 Å². The van der Waals surface area contributed by atoms with Crippen LogP contribution in [0.3, 0.4) is 0 Å². The molecular formula is C13H9N3. The van der Waals surface area contributed by atoms with Crippen LogP contribution in [-0.4, -0.2) is 15.0 Å². The number of hydrogen-bond acceptors (Lipinski definition) is 3. The predicted molar refractivity (Wildman–Crippen MR) is 62.8 cm³/mol. The largest absolute Gasteiger partial charge is 0.265 e. The number of fused-ring (bicyclic) bond motifs is 1. The molecule has 0 saturated carbocycles. The van der Waals surface area contributed by atoms with E-state index in [1.54, 1.807) is 18.6 Å². The zero-order valence-corrected chi connectivity index (χ0v) is 8.54. The first-order valence-corrected chi connectivity index (χ1v) is 5.06. The lowest BCUT2D eigenvalue weighted by Gasteiger charge is -2.01. The summed E-state index contributed by atoms with van der Waals surface area (Å²) < 4.78 is 0. The molecule has 3 rings (SSSR count). The lowest BCUT2D eigenvalue weighted by molar-refractivity contribution is 1.30. The molecule has 16 heavy (non-hydrogen) atoms. The second-order valence-electron chi connectivity index (χ2n) is 3.47. The molecule has 3 aromatic heterocycles. The summed E-state index contributed by atoms with van der Waals surface area (Å²) in [6, 6.07) is 11.7. The third-order valence-corrected chi connectivity index (χ3v) is 2.43. The van der Waals surface area contributed by atoms with Gasteiger partial charge < -0.3 is 0 Å². The summed E-state index contributed by atoms with van der Waals surface area (Å²) in [5.74, 6) is 0. The minimum atomic E-state index is 0.914. The first kappa shape index (κ1) is 8.97. The molecule has 0 fully saturated rings. The summed E-state index contributed by atoms with van der Waals surface area (Å²) in [6.45, 7) is 0. The summed E-state index contributed by atoms with van der Waals surface area (Å²) in [5, 5.41) is 0. The van der Waals surface area contributed by atoms with Gasteiger partial charge in [-0.25, -0.2) is 4.98 Å². The van der Waals surface area contributed by atoms with Crippen molar-refractivity contribution >= 4 is 11.0 Å². The average molecular weight is 207 g/mol. The Morgan fingerprint density at radius 1 is 0.750 bits per heavy atom. The van der Waals surface area contributed by atoms with Gasteiger partial charge in [-0.05, 0) is 36.4 Å². The van der Waals surface area contributed by atoms with Crippen molar-refractivity contribution in [1.82, 2.24) is 15.0 Å². The van der Waals surface area contributed by atoms with E-state index in [0.717, 1.165) is 22.3 Å². The molecule has 0 unspecified atom stereocenters. The van der Waals surface area contributed by atoms with Crippen LogP contribution in [0.2, 0.25) is 0 Å². The highest BCUT2D eigenvalue weighted by Crippen LogP contribution is 2.18. The molecule has 0 atom stereocenters. The minimum Gasteiger partial charge on any atom is -0.265 e. The minimum absolute atomic E-state index is 0.914. The summed E-state index contributed by atoms with van der Waals surface area (Å²) in [6.07, 6.45) is 5.31. The molecule has 3 aromatic rings. The Labute approximate surface area is 92.8 Å². The van der Waals surface area contributed by atoms with Gasteiger partial charge in [0.25, 0.3) is 0 Å². The maximum absolute atomic E-state index is 4.56. The van der Waals surface area contributed by atoms with Crippen LogP contribution in [0.1, 0.15) is 0 Å². The van der Waals surface area contributed by atoms with Gasteiger partial charge in [-0.3, -0.25) is 9.97 Å². The van der Waals surface area contributed by atoms with E-state index in [2.05, 4.69) is 15.0 Å². The molecule has 0 saturated heterocycles. The van der Waals surface area contributed by atoms with Crippen LogP contribution in [0.5, 0.6) is 0 Å².